The highest BCUT2D eigenvalue weighted by Gasteiger charge is 2.16. The minimum absolute atomic E-state index is 0.195. The van der Waals surface area contributed by atoms with Gasteiger partial charge in [0, 0.05) is 15.8 Å². The Bertz CT molecular complexity index is 567. The van der Waals surface area contributed by atoms with E-state index in [0.29, 0.717) is 4.47 Å². The van der Waals surface area contributed by atoms with Crippen molar-refractivity contribution in [1.82, 2.24) is 5.32 Å². The molecule has 0 radical (unpaired) electrons. The molecule has 1 aromatic heterocycles. The molecule has 20 heavy (non-hydrogen) atoms. The Labute approximate surface area is 132 Å². The summed E-state index contributed by atoms with van der Waals surface area (Å²) in [6, 6.07) is 9.78. The molecule has 1 nitrogen and oxygen atoms in total. The Morgan fingerprint density at radius 3 is 2.75 bits per heavy atom. The number of hydrogen-bond acceptors (Lipinski definition) is 2. The van der Waals surface area contributed by atoms with Gasteiger partial charge in [0.05, 0.1) is 4.47 Å². The molecule has 1 N–H and O–H groups in total. The molecule has 1 atom stereocenters. The molecule has 0 aliphatic heterocycles. The van der Waals surface area contributed by atoms with Gasteiger partial charge in [0.2, 0.25) is 0 Å². The molecule has 2 aromatic rings. The van der Waals surface area contributed by atoms with E-state index in [2.05, 4.69) is 47.2 Å². The molecule has 0 spiro atoms. The summed E-state index contributed by atoms with van der Waals surface area (Å²) in [6.45, 7) is 5.24. The predicted molar refractivity (Wildman–Crippen MR) is 87.9 cm³/mol. The summed E-state index contributed by atoms with van der Waals surface area (Å²) in [5.74, 6) is -0.195. The van der Waals surface area contributed by atoms with Gasteiger partial charge in [-0.1, -0.05) is 19.1 Å². The normalized spacial score (nSPS) is 12.6. The van der Waals surface area contributed by atoms with Crippen molar-refractivity contribution >= 4 is 27.3 Å². The summed E-state index contributed by atoms with van der Waals surface area (Å²) in [6.07, 6.45) is 1.88. The van der Waals surface area contributed by atoms with E-state index < -0.39 is 0 Å². The van der Waals surface area contributed by atoms with E-state index in [0.717, 1.165) is 24.9 Å². The molecule has 0 bridgehead atoms. The molecule has 0 amide bonds. The van der Waals surface area contributed by atoms with Crippen LogP contribution in [0.4, 0.5) is 4.39 Å². The first kappa shape index (κ1) is 15.7. The van der Waals surface area contributed by atoms with E-state index in [-0.39, 0.29) is 11.9 Å². The van der Waals surface area contributed by atoms with Crippen LogP contribution in [0, 0.1) is 12.7 Å². The third kappa shape index (κ3) is 3.90. The zero-order chi connectivity index (χ0) is 14.5. The standard InChI is InChI=1S/C16H19BrFNS/c1-3-9-19-14(15-8-7-11(2)20-15)10-12-5-4-6-13(18)16(12)17/h4-8,14,19H,3,9-10H2,1-2H3. The number of nitrogens with one attached hydrogen (secondary N) is 1. The van der Waals surface area contributed by atoms with Gasteiger partial charge in [-0.05, 0) is 66.0 Å². The fourth-order valence-electron chi connectivity index (χ4n) is 2.16. The van der Waals surface area contributed by atoms with Crippen molar-refractivity contribution in [3.8, 4) is 0 Å². The molecule has 4 heteroatoms. The fraction of sp³-hybridized carbons (Fsp3) is 0.375. The second-order valence-corrected chi connectivity index (χ2v) is 6.98. The van der Waals surface area contributed by atoms with E-state index in [4.69, 9.17) is 0 Å². The highest BCUT2D eigenvalue weighted by atomic mass is 79.9. The van der Waals surface area contributed by atoms with Crippen molar-refractivity contribution in [2.24, 2.45) is 0 Å². The Balaban J connectivity index is 2.21. The highest BCUT2D eigenvalue weighted by molar-refractivity contribution is 9.10. The van der Waals surface area contributed by atoms with Crippen molar-refractivity contribution in [3.05, 3.63) is 55.9 Å². The summed E-state index contributed by atoms with van der Waals surface area (Å²) in [5, 5.41) is 3.56. The van der Waals surface area contributed by atoms with Crippen LogP contribution in [-0.2, 0) is 6.42 Å². The maximum atomic E-state index is 13.6. The van der Waals surface area contributed by atoms with Crippen LogP contribution in [0.1, 0.15) is 34.7 Å². The number of hydrogen-bond donors (Lipinski definition) is 1. The topological polar surface area (TPSA) is 12.0 Å². The van der Waals surface area contributed by atoms with Crippen molar-refractivity contribution in [2.45, 2.75) is 32.7 Å². The Morgan fingerprint density at radius 2 is 2.10 bits per heavy atom. The van der Waals surface area contributed by atoms with Gasteiger partial charge in [-0.15, -0.1) is 11.3 Å². The quantitative estimate of drug-likeness (QED) is 0.746. The average Bonchev–Trinajstić information content (AvgIpc) is 2.86. The second-order valence-electron chi connectivity index (χ2n) is 4.87. The summed E-state index contributed by atoms with van der Waals surface area (Å²) in [4.78, 5) is 2.62. The van der Waals surface area contributed by atoms with Crippen molar-refractivity contribution < 1.29 is 4.39 Å². The number of aryl methyl sites for hydroxylation is 1. The first-order valence-corrected chi connectivity index (χ1v) is 8.45. The number of halogens is 2. The van der Waals surface area contributed by atoms with Gasteiger partial charge in [0.1, 0.15) is 5.82 Å². The SMILES string of the molecule is CCCNC(Cc1cccc(F)c1Br)c1ccc(C)s1. The minimum atomic E-state index is -0.195. The molecule has 2 rings (SSSR count). The van der Waals surface area contributed by atoms with Crippen LogP contribution in [-0.4, -0.2) is 6.54 Å². The van der Waals surface area contributed by atoms with E-state index in [1.54, 1.807) is 17.4 Å². The summed E-state index contributed by atoms with van der Waals surface area (Å²) < 4.78 is 14.2. The van der Waals surface area contributed by atoms with Crippen LogP contribution in [0.5, 0.6) is 0 Å². The van der Waals surface area contributed by atoms with E-state index in [1.807, 2.05) is 6.07 Å². The van der Waals surface area contributed by atoms with Gasteiger partial charge in [-0.2, -0.15) is 0 Å². The van der Waals surface area contributed by atoms with Gasteiger partial charge in [0.15, 0.2) is 0 Å². The van der Waals surface area contributed by atoms with Gasteiger partial charge < -0.3 is 5.32 Å². The highest BCUT2D eigenvalue weighted by Crippen LogP contribution is 2.29. The molecule has 0 aliphatic carbocycles. The predicted octanol–water partition coefficient (Wildman–Crippen LogP) is 5.24. The third-order valence-electron chi connectivity index (χ3n) is 3.20. The van der Waals surface area contributed by atoms with Crippen molar-refractivity contribution in [2.75, 3.05) is 6.54 Å². The van der Waals surface area contributed by atoms with Crippen LogP contribution in [0.15, 0.2) is 34.8 Å². The van der Waals surface area contributed by atoms with Crippen LogP contribution in [0.25, 0.3) is 0 Å². The summed E-state index contributed by atoms with van der Waals surface area (Å²) >= 11 is 5.16. The van der Waals surface area contributed by atoms with Crippen molar-refractivity contribution in [3.63, 3.8) is 0 Å². The average molecular weight is 356 g/mol. The second kappa shape index (κ2) is 7.34. The summed E-state index contributed by atoms with van der Waals surface area (Å²) in [7, 11) is 0. The molecular weight excluding hydrogens is 337 g/mol. The number of benzene rings is 1. The molecule has 1 unspecified atom stereocenters. The zero-order valence-corrected chi connectivity index (χ0v) is 14.2. The Hall–Kier alpha value is -0.710. The number of rotatable bonds is 6. The van der Waals surface area contributed by atoms with Crippen LogP contribution in [0.2, 0.25) is 0 Å². The molecule has 108 valence electrons. The van der Waals surface area contributed by atoms with E-state index in [9.17, 15) is 4.39 Å². The van der Waals surface area contributed by atoms with Gasteiger partial charge >= 0.3 is 0 Å². The zero-order valence-electron chi connectivity index (χ0n) is 11.7. The third-order valence-corrected chi connectivity index (χ3v) is 5.20. The molecule has 0 aliphatic rings. The van der Waals surface area contributed by atoms with Crippen molar-refractivity contribution in [1.29, 1.82) is 0 Å². The van der Waals surface area contributed by atoms with E-state index in [1.165, 1.54) is 15.8 Å². The lowest BCUT2D eigenvalue weighted by Gasteiger charge is -2.18. The lowest BCUT2D eigenvalue weighted by Crippen LogP contribution is -2.23. The largest absolute Gasteiger partial charge is 0.309 e. The monoisotopic (exact) mass is 355 g/mol. The van der Waals surface area contributed by atoms with Crippen LogP contribution in [0.3, 0.4) is 0 Å². The first-order chi connectivity index (χ1) is 9.61. The molecular formula is C16H19BrFNS. The fourth-order valence-corrected chi connectivity index (χ4v) is 3.54. The maximum absolute atomic E-state index is 13.6. The van der Waals surface area contributed by atoms with Gasteiger partial charge in [-0.3, -0.25) is 0 Å². The van der Waals surface area contributed by atoms with Crippen LogP contribution >= 0.6 is 27.3 Å². The number of thiophene rings is 1. The molecule has 0 saturated carbocycles. The maximum Gasteiger partial charge on any atom is 0.137 e. The molecule has 0 saturated heterocycles. The van der Waals surface area contributed by atoms with E-state index >= 15 is 0 Å². The smallest absolute Gasteiger partial charge is 0.137 e. The first-order valence-electron chi connectivity index (χ1n) is 6.84. The Morgan fingerprint density at radius 1 is 1.30 bits per heavy atom. The Kier molecular flexibility index (Phi) is 5.75. The minimum Gasteiger partial charge on any atom is -0.309 e. The lowest BCUT2D eigenvalue weighted by molar-refractivity contribution is 0.533. The van der Waals surface area contributed by atoms with Gasteiger partial charge in [0.25, 0.3) is 0 Å². The lowest BCUT2D eigenvalue weighted by atomic mass is 10.0. The molecule has 0 fully saturated rings. The molecule has 1 aromatic carbocycles. The summed E-state index contributed by atoms with van der Waals surface area (Å²) in [5.41, 5.74) is 1.00. The van der Waals surface area contributed by atoms with Crippen LogP contribution < -0.4 is 5.32 Å². The van der Waals surface area contributed by atoms with Gasteiger partial charge in [-0.25, -0.2) is 4.39 Å². The molecule has 1 heterocycles.